The standard InChI is InChI=1S/C46H26N2O3.C24H23BO3.C10H4Cl2N2O/c1-4-22-38-33(15-1)35-20-9-18-31(43(35)49-38)27-11-7-13-29(25-27)41-45-42(37-17-3-6-24-40(37)51-45)48-46(47-41)30-14-8-12-28(26-30)32-19-10-21-36-34-16-2-5-23-39(34)50-44(32)36;1-23(2)24(3,4)28-25(27-23)17-10-7-9-16(15-17)18-12-8-13-20-19-11-5-6-14-21(19)26-22(18)20;11-9-8-7(13-10(12)14-9)5-3-1-2-4-6(5)15-8/h1-26H;5-15H,1-4H3;1-4H. The van der Waals surface area contributed by atoms with Crippen LogP contribution in [-0.2, 0) is 9.31 Å². The highest BCUT2D eigenvalue weighted by atomic mass is 35.5. The zero-order chi connectivity index (χ0) is 63.4. The van der Waals surface area contributed by atoms with Crippen molar-refractivity contribution in [1.82, 2.24) is 19.9 Å². The Labute approximate surface area is 547 Å². The summed E-state index contributed by atoms with van der Waals surface area (Å²) < 4.78 is 43.5. The lowest BCUT2D eigenvalue weighted by atomic mass is 9.78. The summed E-state index contributed by atoms with van der Waals surface area (Å²) in [7, 11) is -0.375. The van der Waals surface area contributed by atoms with Crippen LogP contribution in [0.1, 0.15) is 27.7 Å². The van der Waals surface area contributed by atoms with Crippen molar-refractivity contribution in [3.05, 3.63) is 259 Å². The molecule has 11 aromatic carbocycles. The van der Waals surface area contributed by atoms with E-state index in [0.29, 0.717) is 22.5 Å². The number of fused-ring (bicyclic) bond motifs is 15. The van der Waals surface area contributed by atoms with Crippen molar-refractivity contribution in [2.75, 3.05) is 0 Å². The summed E-state index contributed by atoms with van der Waals surface area (Å²) >= 11 is 11.6. The number of benzene rings is 11. The smallest absolute Gasteiger partial charge is 0.455 e. The van der Waals surface area contributed by atoms with E-state index in [0.717, 1.165) is 149 Å². The van der Waals surface area contributed by atoms with E-state index in [1.807, 2.05) is 97.1 Å². The Balaban J connectivity index is 0.000000129. The Kier molecular flexibility index (Phi) is 13.6. The van der Waals surface area contributed by atoms with Gasteiger partial charge in [0, 0.05) is 70.9 Å². The van der Waals surface area contributed by atoms with Crippen LogP contribution in [-0.4, -0.2) is 38.3 Å². The maximum Gasteiger partial charge on any atom is 0.494 e. The zero-order valence-electron chi connectivity index (χ0n) is 51.2. The second kappa shape index (κ2) is 22.5. The summed E-state index contributed by atoms with van der Waals surface area (Å²) in [6, 6.07) is 84.2. The predicted molar refractivity (Wildman–Crippen MR) is 380 cm³/mol. The fraction of sp³-hybridized carbons (Fsp3) is 0.0750. The molecule has 0 atom stereocenters. The number of halogens is 2. The highest BCUT2D eigenvalue weighted by molar-refractivity contribution is 6.62. The Morgan fingerprint density at radius 1 is 0.309 bits per heavy atom. The van der Waals surface area contributed by atoms with Crippen molar-refractivity contribution in [1.29, 1.82) is 0 Å². The molecule has 1 aliphatic rings. The summed E-state index contributed by atoms with van der Waals surface area (Å²) in [6.07, 6.45) is 0. The van der Waals surface area contributed by atoms with Crippen molar-refractivity contribution in [3.63, 3.8) is 0 Å². The molecule has 11 nitrogen and oxygen atoms in total. The fourth-order valence-electron chi connectivity index (χ4n) is 12.9. The molecule has 7 aromatic heterocycles. The average molecular weight is 1260 g/mol. The van der Waals surface area contributed by atoms with E-state index < -0.39 is 0 Å². The van der Waals surface area contributed by atoms with E-state index >= 15 is 0 Å². The summed E-state index contributed by atoms with van der Waals surface area (Å²) in [5.74, 6) is 0.618. The first-order valence-corrected chi connectivity index (χ1v) is 31.7. The van der Waals surface area contributed by atoms with E-state index in [2.05, 4.69) is 189 Å². The van der Waals surface area contributed by atoms with Crippen LogP contribution < -0.4 is 5.46 Å². The molecule has 452 valence electrons. The normalized spacial score (nSPS) is 13.7. The van der Waals surface area contributed by atoms with Gasteiger partial charge in [-0.1, -0.05) is 206 Å². The number of hydrogen-bond donors (Lipinski definition) is 0. The summed E-state index contributed by atoms with van der Waals surface area (Å²) in [4.78, 5) is 18.3. The molecule has 1 saturated heterocycles. The fourth-order valence-corrected chi connectivity index (χ4v) is 13.3. The number of furan rings is 5. The molecule has 0 radical (unpaired) electrons. The predicted octanol–water partition coefficient (Wildman–Crippen LogP) is 22.1. The van der Waals surface area contributed by atoms with Crippen LogP contribution >= 0.6 is 23.2 Å². The number of aromatic nitrogens is 4. The first kappa shape index (κ1) is 57.1. The van der Waals surface area contributed by atoms with Crippen LogP contribution in [0, 0.1) is 0 Å². The lowest BCUT2D eigenvalue weighted by Crippen LogP contribution is -2.41. The first-order valence-electron chi connectivity index (χ1n) is 31.0. The molecule has 8 heterocycles. The third-order valence-electron chi connectivity index (χ3n) is 18.2. The number of nitrogens with zero attached hydrogens (tertiary/aromatic N) is 4. The summed E-state index contributed by atoms with van der Waals surface area (Å²) in [6.45, 7) is 8.30. The Bertz CT molecular complexity index is 6030. The summed E-state index contributed by atoms with van der Waals surface area (Å²) in [5, 5.41) is 8.87. The first-order chi connectivity index (χ1) is 45.9. The minimum atomic E-state index is -0.375. The maximum absolute atomic E-state index is 6.50. The molecule has 94 heavy (non-hydrogen) atoms. The second-order valence-corrected chi connectivity index (χ2v) is 25.1. The van der Waals surface area contributed by atoms with Crippen molar-refractivity contribution >= 4 is 146 Å². The quantitative estimate of drug-likeness (QED) is 0.0894. The molecule has 0 unspecified atom stereocenters. The average Bonchev–Trinajstić information content (AvgIpc) is 1.60. The van der Waals surface area contributed by atoms with E-state index in [-0.39, 0.29) is 28.8 Å². The molecule has 1 aliphatic heterocycles. The van der Waals surface area contributed by atoms with Crippen LogP contribution in [0.5, 0.6) is 0 Å². The van der Waals surface area contributed by atoms with Crippen molar-refractivity contribution in [2.45, 2.75) is 38.9 Å². The Hall–Kier alpha value is -10.9. The van der Waals surface area contributed by atoms with Gasteiger partial charge in [-0.3, -0.25) is 0 Å². The van der Waals surface area contributed by atoms with Crippen molar-refractivity contribution < 1.29 is 31.4 Å². The minimum Gasteiger partial charge on any atom is -0.455 e. The van der Waals surface area contributed by atoms with Gasteiger partial charge >= 0.3 is 7.12 Å². The number of hydrogen-bond acceptors (Lipinski definition) is 11. The second-order valence-electron chi connectivity index (χ2n) is 24.4. The van der Waals surface area contributed by atoms with Crippen molar-refractivity contribution in [2.24, 2.45) is 0 Å². The molecule has 0 bridgehead atoms. The Morgan fingerprint density at radius 3 is 1.17 bits per heavy atom. The topological polar surface area (TPSA) is 136 Å². The molecule has 14 heteroatoms. The van der Waals surface area contributed by atoms with E-state index in [9.17, 15) is 0 Å². The van der Waals surface area contributed by atoms with Crippen LogP contribution in [0.2, 0.25) is 10.4 Å². The molecule has 0 spiro atoms. The number of rotatable bonds is 6. The van der Waals surface area contributed by atoms with Crippen LogP contribution in [0.15, 0.2) is 271 Å². The summed E-state index contributed by atoms with van der Waals surface area (Å²) in [5.41, 5.74) is 18.5. The van der Waals surface area contributed by atoms with Gasteiger partial charge in [0.15, 0.2) is 22.1 Å². The molecule has 1 fully saturated rings. The maximum atomic E-state index is 6.50. The minimum absolute atomic E-state index is 0.124. The molecular weight excluding hydrogens is 1210 g/mol. The van der Waals surface area contributed by atoms with Gasteiger partial charge in [0.05, 0.1) is 11.2 Å². The number of para-hydroxylation sites is 8. The van der Waals surface area contributed by atoms with Gasteiger partial charge in [-0.2, -0.15) is 0 Å². The van der Waals surface area contributed by atoms with E-state index in [1.165, 1.54) is 0 Å². The molecule has 18 aromatic rings. The van der Waals surface area contributed by atoms with Gasteiger partial charge in [0.2, 0.25) is 5.28 Å². The molecule has 19 rings (SSSR count). The lowest BCUT2D eigenvalue weighted by molar-refractivity contribution is 0.00578. The molecule has 0 aliphatic carbocycles. The molecular formula is C80H53BCl2N4O7. The van der Waals surface area contributed by atoms with Crippen LogP contribution in [0.4, 0.5) is 0 Å². The van der Waals surface area contributed by atoms with Crippen LogP contribution in [0.3, 0.4) is 0 Å². The highest BCUT2D eigenvalue weighted by Gasteiger charge is 2.51. The molecule has 0 amide bonds. The third-order valence-corrected chi connectivity index (χ3v) is 18.6. The lowest BCUT2D eigenvalue weighted by Gasteiger charge is -2.32. The third kappa shape index (κ3) is 9.76. The SMILES string of the molecule is CC1(C)OB(c2cccc(-c3cccc4c3oc3ccccc34)c2)OC1(C)C.Clc1nc(Cl)c2oc3ccccc3c2n1.c1cc(-c2nc(-c3cccc(-c4cccc5c4oc4ccccc45)c3)c3oc4ccccc4c3n2)cc(-c2cccc3c2oc2ccccc23)c1. The van der Waals surface area contributed by atoms with E-state index in [1.54, 1.807) is 0 Å². The zero-order valence-corrected chi connectivity index (χ0v) is 52.7. The van der Waals surface area contributed by atoms with E-state index in [4.69, 9.17) is 64.6 Å². The van der Waals surface area contributed by atoms with Gasteiger partial charge in [0.1, 0.15) is 61.4 Å². The largest absolute Gasteiger partial charge is 0.494 e. The highest BCUT2D eigenvalue weighted by Crippen LogP contribution is 2.43. The monoisotopic (exact) mass is 1260 g/mol. The molecule has 0 saturated carbocycles. The van der Waals surface area contributed by atoms with Gasteiger partial charge in [-0.15, -0.1) is 0 Å². The van der Waals surface area contributed by atoms with Gasteiger partial charge in [0.25, 0.3) is 0 Å². The van der Waals surface area contributed by atoms with Crippen LogP contribution in [0.25, 0.3) is 166 Å². The Morgan fingerprint density at radius 2 is 0.670 bits per heavy atom. The molecule has 0 N–H and O–H groups in total. The van der Waals surface area contributed by atoms with Gasteiger partial charge < -0.3 is 31.4 Å². The van der Waals surface area contributed by atoms with Gasteiger partial charge in [-0.25, -0.2) is 19.9 Å². The van der Waals surface area contributed by atoms with Crippen molar-refractivity contribution in [3.8, 4) is 56.0 Å². The van der Waals surface area contributed by atoms with Gasteiger partial charge in [-0.05, 0) is 116 Å².